The van der Waals surface area contributed by atoms with Gasteiger partial charge in [0.2, 0.25) is 0 Å². The molecule has 2 heterocycles. The van der Waals surface area contributed by atoms with Gasteiger partial charge in [0.15, 0.2) is 0 Å². The van der Waals surface area contributed by atoms with Crippen molar-refractivity contribution >= 4 is 28.2 Å². The summed E-state index contributed by atoms with van der Waals surface area (Å²) in [6.45, 7) is 12.0. The van der Waals surface area contributed by atoms with Crippen molar-refractivity contribution in [1.29, 1.82) is 0 Å². The highest BCUT2D eigenvalue weighted by atomic mass is 35.5. The second kappa shape index (κ2) is 10.9. The normalized spacial score (nSPS) is 15.2. The third-order valence-corrected chi connectivity index (χ3v) is 6.50. The van der Waals surface area contributed by atoms with Gasteiger partial charge in [0.05, 0.1) is 11.2 Å². The Hall–Kier alpha value is -2.14. The van der Waals surface area contributed by atoms with Gasteiger partial charge in [-0.2, -0.15) is 0 Å². The topological polar surface area (TPSA) is 40.2 Å². The summed E-state index contributed by atoms with van der Waals surface area (Å²) >= 11 is 6.24. The van der Waals surface area contributed by atoms with Gasteiger partial charge >= 0.3 is 0 Å². The minimum Gasteiger partial charge on any atom is -0.384 e. The Bertz CT molecular complexity index is 1050. The number of piperidine rings is 1. The molecule has 0 atom stereocenters. The van der Waals surface area contributed by atoms with Gasteiger partial charge in [-0.05, 0) is 89.0 Å². The lowest BCUT2D eigenvalue weighted by molar-refractivity contribution is 0.221. The first-order chi connectivity index (χ1) is 15.9. The molecule has 0 saturated carbocycles. The Morgan fingerprint density at radius 1 is 0.970 bits per heavy atom. The Morgan fingerprint density at radius 3 is 2.45 bits per heavy atom. The van der Waals surface area contributed by atoms with Crippen LogP contribution in [0, 0.1) is 0 Å². The quantitative estimate of drug-likeness (QED) is 0.362. The van der Waals surface area contributed by atoms with E-state index in [1.54, 1.807) is 0 Å². The predicted octanol–water partition coefficient (Wildman–Crippen LogP) is 6.73. The van der Waals surface area contributed by atoms with Crippen molar-refractivity contribution in [2.75, 3.05) is 31.5 Å². The number of likely N-dealkylation sites (tertiary alicyclic amines) is 1. The average Bonchev–Trinajstić information content (AvgIpc) is 2.79. The lowest BCUT2D eigenvalue weighted by Gasteiger charge is -2.26. The largest absolute Gasteiger partial charge is 0.384 e. The molecule has 4 nitrogen and oxygen atoms in total. The number of aromatic nitrogens is 1. The SMILES string of the molecule is CC(C)(C)NCCCNc1c(-c2ccc(CN3CCCCC3)cc2)cnc2cc(Cl)ccc12. The van der Waals surface area contributed by atoms with Crippen LogP contribution < -0.4 is 10.6 Å². The van der Waals surface area contributed by atoms with E-state index in [4.69, 9.17) is 16.6 Å². The monoisotopic (exact) mass is 464 g/mol. The fourth-order valence-corrected chi connectivity index (χ4v) is 4.67. The smallest absolute Gasteiger partial charge is 0.0738 e. The Balaban J connectivity index is 1.54. The number of halogens is 1. The number of pyridine rings is 1. The van der Waals surface area contributed by atoms with Crippen molar-refractivity contribution in [3.05, 3.63) is 59.2 Å². The summed E-state index contributed by atoms with van der Waals surface area (Å²) in [4.78, 5) is 7.29. The maximum atomic E-state index is 6.24. The average molecular weight is 465 g/mol. The van der Waals surface area contributed by atoms with Gasteiger partial charge in [0.25, 0.3) is 0 Å². The van der Waals surface area contributed by atoms with Crippen LogP contribution in [0.5, 0.6) is 0 Å². The highest BCUT2D eigenvalue weighted by Gasteiger charge is 2.14. The molecule has 1 aliphatic heterocycles. The molecule has 1 aromatic heterocycles. The van der Waals surface area contributed by atoms with Gasteiger partial charge in [-0.1, -0.05) is 42.3 Å². The number of anilines is 1. The van der Waals surface area contributed by atoms with Crippen molar-refractivity contribution in [2.24, 2.45) is 0 Å². The fourth-order valence-electron chi connectivity index (χ4n) is 4.51. The summed E-state index contributed by atoms with van der Waals surface area (Å²) in [6.07, 6.45) is 7.05. The van der Waals surface area contributed by atoms with E-state index in [0.29, 0.717) is 5.02 Å². The summed E-state index contributed by atoms with van der Waals surface area (Å²) < 4.78 is 0. The molecule has 1 aliphatic rings. The van der Waals surface area contributed by atoms with E-state index in [1.165, 1.54) is 43.5 Å². The van der Waals surface area contributed by atoms with Gasteiger partial charge < -0.3 is 10.6 Å². The van der Waals surface area contributed by atoms with Gasteiger partial charge in [-0.25, -0.2) is 0 Å². The van der Waals surface area contributed by atoms with Crippen molar-refractivity contribution in [3.63, 3.8) is 0 Å². The molecule has 0 spiro atoms. The molecule has 5 heteroatoms. The molecule has 0 unspecified atom stereocenters. The number of nitrogens with zero attached hydrogens (tertiary/aromatic N) is 2. The molecule has 3 aromatic rings. The lowest BCUT2D eigenvalue weighted by Crippen LogP contribution is -2.36. The van der Waals surface area contributed by atoms with Crippen LogP contribution in [0.15, 0.2) is 48.7 Å². The first kappa shape index (κ1) is 24.0. The number of nitrogens with one attached hydrogen (secondary N) is 2. The molecule has 0 aliphatic carbocycles. The molecule has 0 amide bonds. The van der Waals surface area contributed by atoms with Crippen molar-refractivity contribution in [3.8, 4) is 11.1 Å². The first-order valence-electron chi connectivity index (χ1n) is 12.3. The van der Waals surface area contributed by atoms with Crippen LogP contribution in [0.2, 0.25) is 5.02 Å². The first-order valence-corrected chi connectivity index (χ1v) is 12.7. The van der Waals surface area contributed by atoms with E-state index >= 15 is 0 Å². The Labute approximate surface area is 203 Å². The van der Waals surface area contributed by atoms with E-state index in [0.717, 1.165) is 48.2 Å². The van der Waals surface area contributed by atoms with Crippen LogP contribution in [0.1, 0.15) is 52.0 Å². The van der Waals surface area contributed by atoms with E-state index in [-0.39, 0.29) is 5.54 Å². The predicted molar refractivity (Wildman–Crippen MR) is 142 cm³/mol. The number of benzene rings is 2. The molecule has 0 bridgehead atoms. The third kappa shape index (κ3) is 6.69. The Kier molecular flexibility index (Phi) is 7.90. The summed E-state index contributed by atoms with van der Waals surface area (Å²) in [6, 6.07) is 15.0. The van der Waals surface area contributed by atoms with Crippen molar-refractivity contribution in [1.82, 2.24) is 15.2 Å². The summed E-state index contributed by atoms with van der Waals surface area (Å²) in [7, 11) is 0. The molecule has 176 valence electrons. The van der Waals surface area contributed by atoms with Gasteiger partial charge in [-0.3, -0.25) is 9.88 Å². The van der Waals surface area contributed by atoms with Crippen LogP contribution in [0.4, 0.5) is 5.69 Å². The standard InChI is InChI=1S/C28H37ClN4/c1-28(2,3)32-15-7-14-30-27-24-13-12-23(29)18-26(24)31-19-25(27)22-10-8-21(9-11-22)20-33-16-5-4-6-17-33/h8-13,18-19,32H,4-7,14-17,20H2,1-3H3,(H,30,31). The van der Waals surface area contributed by atoms with Crippen LogP contribution in [-0.2, 0) is 6.54 Å². The summed E-state index contributed by atoms with van der Waals surface area (Å²) in [5.74, 6) is 0. The zero-order valence-electron chi connectivity index (χ0n) is 20.3. The molecular formula is C28H37ClN4. The number of hydrogen-bond acceptors (Lipinski definition) is 4. The highest BCUT2D eigenvalue weighted by Crippen LogP contribution is 2.35. The van der Waals surface area contributed by atoms with Crippen LogP contribution in [0.3, 0.4) is 0 Å². The van der Waals surface area contributed by atoms with Gasteiger partial charge in [-0.15, -0.1) is 0 Å². The minimum atomic E-state index is 0.140. The molecule has 1 fully saturated rings. The van der Waals surface area contributed by atoms with Crippen LogP contribution in [0.25, 0.3) is 22.0 Å². The molecule has 1 saturated heterocycles. The second-order valence-corrected chi connectivity index (χ2v) is 10.6. The summed E-state index contributed by atoms with van der Waals surface area (Å²) in [5.41, 5.74) is 5.90. The number of rotatable bonds is 8. The zero-order valence-corrected chi connectivity index (χ0v) is 21.0. The molecule has 2 aromatic carbocycles. The van der Waals surface area contributed by atoms with Crippen molar-refractivity contribution < 1.29 is 0 Å². The lowest BCUT2D eigenvalue weighted by atomic mass is 10.0. The molecule has 0 radical (unpaired) electrons. The second-order valence-electron chi connectivity index (χ2n) is 10.2. The van der Waals surface area contributed by atoms with Crippen molar-refractivity contribution in [2.45, 2.75) is 58.5 Å². The third-order valence-electron chi connectivity index (χ3n) is 6.26. The fraction of sp³-hybridized carbons (Fsp3) is 0.464. The van der Waals surface area contributed by atoms with Crippen LogP contribution >= 0.6 is 11.6 Å². The molecule has 4 rings (SSSR count). The maximum Gasteiger partial charge on any atom is 0.0738 e. The number of fused-ring (bicyclic) bond motifs is 1. The minimum absolute atomic E-state index is 0.140. The van der Waals surface area contributed by atoms with E-state index in [1.807, 2.05) is 18.3 Å². The van der Waals surface area contributed by atoms with Crippen LogP contribution in [-0.4, -0.2) is 41.6 Å². The van der Waals surface area contributed by atoms with E-state index < -0.39 is 0 Å². The molecule has 2 N–H and O–H groups in total. The zero-order chi connectivity index (χ0) is 23.3. The molecule has 33 heavy (non-hydrogen) atoms. The molecular weight excluding hydrogens is 428 g/mol. The highest BCUT2D eigenvalue weighted by molar-refractivity contribution is 6.31. The Morgan fingerprint density at radius 2 is 1.73 bits per heavy atom. The number of hydrogen-bond donors (Lipinski definition) is 2. The maximum absolute atomic E-state index is 6.24. The van der Waals surface area contributed by atoms with E-state index in [2.05, 4.69) is 66.6 Å². The van der Waals surface area contributed by atoms with E-state index in [9.17, 15) is 0 Å². The summed E-state index contributed by atoms with van der Waals surface area (Å²) in [5, 5.41) is 9.10. The van der Waals surface area contributed by atoms with Gasteiger partial charge in [0, 0.05) is 40.8 Å². The van der Waals surface area contributed by atoms with Gasteiger partial charge in [0.1, 0.15) is 0 Å².